The number of hydrogen-bond donors (Lipinski definition) is 0. The van der Waals surface area contributed by atoms with E-state index in [0.717, 1.165) is 13.0 Å². The first-order chi connectivity index (χ1) is 10.7. The van der Waals surface area contributed by atoms with Crippen molar-refractivity contribution in [3.05, 3.63) is 71.8 Å². The maximum atomic E-state index is 11.4. The van der Waals surface area contributed by atoms with Gasteiger partial charge >= 0.3 is 0 Å². The lowest BCUT2D eigenvalue weighted by Gasteiger charge is -2.22. The predicted molar refractivity (Wildman–Crippen MR) is 94.0 cm³/mol. The van der Waals surface area contributed by atoms with Crippen molar-refractivity contribution in [2.75, 3.05) is 13.6 Å². The molecular weight excluding hydrogens is 270 g/mol. The number of rotatable bonds is 5. The maximum absolute atomic E-state index is 11.4. The van der Waals surface area contributed by atoms with Gasteiger partial charge in [0.05, 0.1) is 0 Å². The number of benzene rings is 2. The molecule has 0 fully saturated rings. The SMILES string of the molecule is CC.CC(=O)N(C)CCC(c1ccccc1)c1ccccc1. The standard InChI is InChI=1S/C18H21NO.C2H6/c1-15(20)19(2)14-13-18(16-9-5-3-6-10-16)17-11-7-4-8-12-17;1-2/h3-12,18H,13-14H2,1-2H3;1-2H3. The highest BCUT2D eigenvalue weighted by atomic mass is 16.2. The summed E-state index contributed by atoms with van der Waals surface area (Å²) in [6.45, 7) is 6.38. The highest BCUT2D eigenvalue weighted by Gasteiger charge is 2.15. The lowest BCUT2D eigenvalue weighted by Crippen LogP contribution is -2.26. The van der Waals surface area contributed by atoms with Crippen LogP contribution in [0.25, 0.3) is 0 Å². The molecule has 0 atom stereocenters. The van der Waals surface area contributed by atoms with Gasteiger partial charge in [0.25, 0.3) is 0 Å². The molecule has 0 saturated heterocycles. The lowest BCUT2D eigenvalue weighted by atomic mass is 9.88. The van der Waals surface area contributed by atoms with E-state index in [1.807, 2.05) is 33.0 Å². The minimum atomic E-state index is 0.116. The number of carbonyl (C=O) groups is 1. The Balaban J connectivity index is 0.00000116. The van der Waals surface area contributed by atoms with Crippen LogP contribution in [0.2, 0.25) is 0 Å². The summed E-state index contributed by atoms with van der Waals surface area (Å²) < 4.78 is 0. The van der Waals surface area contributed by atoms with Crippen molar-refractivity contribution in [1.29, 1.82) is 0 Å². The zero-order chi connectivity index (χ0) is 16.4. The second-order valence-electron chi connectivity index (χ2n) is 5.10. The summed E-state index contributed by atoms with van der Waals surface area (Å²) in [5.74, 6) is 0.448. The fraction of sp³-hybridized carbons (Fsp3) is 0.350. The van der Waals surface area contributed by atoms with E-state index in [9.17, 15) is 4.79 Å². The molecule has 0 spiro atoms. The first-order valence-electron chi connectivity index (χ1n) is 8.00. The summed E-state index contributed by atoms with van der Waals surface area (Å²) in [5, 5.41) is 0. The lowest BCUT2D eigenvalue weighted by molar-refractivity contribution is -0.127. The Hall–Kier alpha value is -2.09. The van der Waals surface area contributed by atoms with Crippen LogP contribution >= 0.6 is 0 Å². The molecule has 0 aromatic heterocycles. The Morgan fingerprint density at radius 1 is 0.909 bits per heavy atom. The molecule has 2 aromatic rings. The molecule has 2 heteroatoms. The van der Waals surface area contributed by atoms with Crippen molar-refractivity contribution >= 4 is 5.91 Å². The molecular formula is C20H27NO. The first kappa shape index (κ1) is 18.0. The Morgan fingerprint density at radius 2 is 1.32 bits per heavy atom. The van der Waals surface area contributed by atoms with E-state index in [0.29, 0.717) is 5.92 Å². The molecule has 2 aromatic carbocycles. The molecule has 0 bridgehead atoms. The van der Waals surface area contributed by atoms with Gasteiger partial charge in [-0.3, -0.25) is 4.79 Å². The topological polar surface area (TPSA) is 20.3 Å². The smallest absolute Gasteiger partial charge is 0.219 e. The Labute approximate surface area is 134 Å². The van der Waals surface area contributed by atoms with Gasteiger partial charge in [-0.2, -0.15) is 0 Å². The Kier molecular flexibility index (Phi) is 7.98. The molecule has 0 aliphatic rings. The molecule has 0 aliphatic heterocycles. The summed E-state index contributed by atoms with van der Waals surface area (Å²) in [5.41, 5.74) is 2.60. The van der Waals surface area contributed by atoms with Gasteiger partial charge in [0.1, 0.15) is 0 Å². The highest BCUT2D eigenvalue weighted by molar-refractivity contribution is 5.72. The Bertz CT molecular complexity index is 497. The van der Waals surface area contributed by atoms with E-state index in [1.165, 1.54) is 11.1 Å². The van der Waals surface area contributed by atoms with Gasteiger partial charge in [-0.15, -0.1) is 0 Å². The molecule has 0 aliphatic carbocycles. The number of hydrogen-bond acceptors (Lipinski definition) is 1. The van der Waals surface area contributed by atoms with Crippen molar-refractivity contribution in [1.82, 2.24) is 4.90 Å². The average Bonchev–Trinajstić information content (AvgIpc) is 2.58. The second-order valence-corrected chi connectivity index (χ2v) is 5.10. The molecule has 22 heavy (non-hydrogen) atoms. The van der Waals surface area contributed by atoms with Gasteiger partial charge in [-0.25, -0.2) is 0 Å². The maximum Gasteiger partial charge on any atom is 0.219 e. The quantitative estimate of drug-likeness (QED) is 0.782. The number of nitrogens with zero attached hydrogens (tertiary/aromatic N) is 1. The zero-order valence-electron chi connectivity index (χ0n) is 14.1. The van der Waals surface area contributed by atoms with Crippen LogP contribution in [0.1, 0.15) is 44.2 Å². The largest absolute Gasteiger partial charge is 0.346 e. The number of amides is 1. The third kappa shape index (κ3) is 5.36. The molecule has 0 unspecified atom stereocenters. The third-order valence-corrected chi connectivity index (χ3v) is 3.69. The summed E-state index contributed by atoms with van der Waals surface area (Å²) in [4.78, 5) is 13.1. The molecule has 0 radical (unpaired) electrons. The van der Waals surface area contributed by atoms with E-state index < -0.39 is 0 Å². The van der Waals surface area contributed by atoms with Gasteiger partial charge in [-0.05, 0) is 17.5 Å². The minimum Gasteiger partial charge on any atom is -0.346 e. The summed E-state index contributed by atoms with van der Waals surface area (Å²) in [6, 6.07) is 21.0. The van der Waals surface area contributed by atoms with Crippen molar-refractivity contribution in [2.24, 2.45) is 0 Å². The third-order valence-electron chi connectivity index (χ3n) is 3.69. The van der Waals surface area contributed by atoms with Gasteiger partial charge in [0.2, 0.25) is 5.91 Å². The molecule has 1 amide bonds. The predicted octanol–water partition coefficient (Wildman–Crippen LogP) is 4.71. The van der Waals surface area contributed by atoms with Crippen LogP contribution in [0.4, 0.5) is 0 Å². The van der Waals surface area contributed by atoms with Crippen molar-refractivity contribution in [3.8, 4) is 0 Å². The molecule has 2 nitrogen and oxygen atoms in total. The molecule has 2 rings (SSSR count). The van der Waals surface area contributed by atoms with Crippen molar-refractivity contribution < 1.29 is 4.79 Å². The van der Waals surface area contributed by atoms with Crippen LogP contribution in [0, 0.1) is 0 Å². The van der Waals surface area contributed by atoms with E-state index in [2.05, 4.69) is 48.5 Å². The van der Waals surface area contributed by atoms with Crippen molar-refractivity contribution in [3.63, 3.8) is 0 Å². The van der Waals surface area contributed by atoms with Crippen molar-refractivity contribution in [2.45, 2.75) is 33.1 Å². The van der Waals surface area contributed by atoms with Gasteiger partial charge in [0.15, 0.2) is 0 Å². The highest BCUT2D eigenvalue weighted by Crippen LogP contribution is 2.27. The van der Waals surface area contributed by atoms with E-state index in [4.69, 9.17) is 0 Å². The fourth-order valence-corrected chi connectivity index (χ4v) is 2.38. The molecule has 0 heterocycles. The van der Waals surface area contributed by atoms with Gasteiger partial charge in [0, 0.05) is 26.4 Å². The van der Waals surface area contributed by atoms with E-state index >= 15 is 0 Å². The number of carbonyl (C=O) groups excluding carboxylic acids is 1. The molecule has 0 saturated carbocycles. The van der Waals surface area contributed by atoms with Crippen LogP contribution < -0.4 is 0 Å². The van der Waals surface area contributed by atoms with Crippen LogP contribution in [0.15, 0.2) is 60.7 Å². The monoisotopic (exact) mass is 297 g/mol. The van der Waals surface area contributed by atoms with Crippen LogP contribution in [0.3, 0.4) is 0 Å². The normalized spacial score (nSPS) is 9.86. The zero-order valence-corrected chi connectivity index (χ0v) is 14.1. The summed E-state index contributed by atoms with van der Waals surface area (Å²) in [7, 11) is 1.86. The van der Waals surface area contributed by atoms with E-state index in [-0.39, 0.29) is 5.91 Å². The summed E-state index contributed by atoms with van der Waals surface area (Å²) >= 11 is 0. The van der Waals surface area contributed by atoms with Crippen LogP contribution in [-0.2, 0) is 4.79 Å². The second kappa shape index (κ2) is 9.78. The summed E-state index contributed by atoms with van der Waals surface area (Å²) in [6.07, 6.45) is 0.935. The van der Waals surface area contributed by atoms with Gasteiger partial charge in [-0.1, -0.05) is 74.5 Å². The van der Waals surface area contributed by atoms with Crippen LogP contribution in [-0.4, -0.2) is 24.4 Å². The molecule has 118 valence electrons. The van der Waals surface area contributed by atoms with Gasteiger partial charge < -0.3 is 4.90 Å². The minimum absolute atomic E-state index is 0.116. The average molecular weight is 297 g/mol. The van der Waals surface area contributed by atoms with E-state index in [1.54, 1.807) is 11.8 Å². The van der Waals surface area contributed by atoms with Crippen LogP contribution in [0.5, 0.6) is 0 Å². The Morgan fingerprint density at radius 3 is 1.68 bits per heavy atom. The first-order valence-corrected chi connectivity index (χ1v) is 8.00. The fourth-order valence-electron chi connectivity index (χ4n) is 2.38. The molecule has 0 N–H and O–H groups in total.